The third-order valence-corrected chi connectivity index (χ3v) is 2.05. The zero-order valence-electron chi connectivity index (χ0n) is 7.03. The van der Waals surface area contributed by atoms with Crippen molar-refractivity contribution in [2.75, 3.05) is 9.87 Å². The monoisotopic (exact) mass is 289 g/mol. The van der Waals surface area contributed by atoms with Crippen molar-refractivity contribution in [2.24, 2.45) is 7.05 Å². The van der Waals surface area contributed by atoms with E-state index in [1.807, 2.05) is 13.2 Å². The molecule has 0 aliphatic carbocycles. The number of hydrogen-bond donors (Lipinski definition) is 1. The normalized spacial score (nSPS) is 10.6. The summed E-state index contributed by atoms with van der Waals surface area (Å²) >= 11 is 2.23. The SMILES string of the molecule is Cn1cc2c(NCI)ncnc2n1. The number of aromatic nitrogens is 4. The van der Waals surface area contributed by atoms with Crippen molar-refractivity contribution in [2.45, 2.75) is 0 Å². The van der Waals surface area contributed by atoms with Crippen LogP contribution in [0.5, 0.6) is 0 Å². The quantitative estimate of drug-likeness (QED) is 0.512. The lowest BCUT2D eigenvalue weighted by atomic mass is 10.4. The molecule has 68 valence electrons. The van der Waals surface area contributed by atoms with Crippen molar-refractivity contribution in [3.05, 3.63) is 12.5 Å². The summed E-state index contributed by atoms with van der Waals surface area (Å²) in [7, 11) is 1.87. The third kappa shape index (κ3) is 1.58. The second-order valence-electron chi connectivity index (χ2n) is 2.57. The van der Waals surface area contributed by atoms with E-state index in [2.05, 4.69) is 43.0 Å². The highest BCUT2D eigenvalue weighted by atomic mass is 127. The molecule has 2 aromatic heterocycles. The largest absolute Gasteiger partial charge is 0.360 e. The number of anilines is 1. The van der Waals surface area contributed by atoms with Crippen LogP contribution >= 0.6 is 22.6 Å². The van der Waals surface area contributed by atoms with E-state index < -0.39 is 0 Å². The molecule has 13 heavy (non-hydrogen) atoms. The topological polar surface area (TPSA) is 55.6 Å². The van der Waals surface area contributed by atoms with E-state index in [-0.39, 0.29) is 0 Å². The molecule has 0 aliphatic heterocycles. The first-order valence-corrected chi connectivity index (χ1v) is 5.28. The average molecular weight is 289 g/mol. The number of hydrogen-bond acceptors (Lipinski definition) is 4. The molecule has 2 aromatic rings. The molecule has 0 atom stereocenters. The van der Waals surface area contributed by atoms with E-state index >= 15 is 0 Å². The first kappa shape index (κ1) is 8.67. The standard InChI is InChI=1S/C7H8IN5/c1-13-2-5-6(9-3-8)10-4-11-7(5)12-13/h2,4H,3H2,1H3,(H,9,10,11,12). The second-order valence-corrected chi connectivity index (χ2v) is 3.34. The maximum atomic E-state index is 4.18. The van der Waals surface area contributed by atoms with Gasteiger partial charge in [0.15, 0.2) is 5.65 Å². The van der Waals surface area contributed by atoms with Gasteiger partial charge >= 0.3 is 0 Å². The van der Waals surface area contributed by atoms with E-state index in [9.17, 15) is 0 Å². The van der Waals surface area contributed by atoms with Gasteiger partial charge in [-0.1, -0.05) is 22.6 Å². The van der Waals surface area contributed by atoms with Gasteiger partial charge in [0.1, 0.15) is 12.1 Å². The van der Waals surface area contributed by atoms with Gasteiger partial charge in [0.2, 0.25) is 0 Å². The Morgan fingerprint density at radius 3 is 3.15 bits per heavy atom. The molecule has 0 radical (unpaired) electrons. The molecule has 0 spiro atoms. The summed E-state index contributed by atoms with van der Waals surface area (Å²) in [5.74, 6) is 0.840. The molecule has 0 saturated heterocycles. The van der Waals surface area contributed by atoms with Crippen LogP contribution in [0.1, 0.15) is 0 Å². The van der Waals surface area contributed by atoms with Crippen molar-refractivity contribution in [3.63, 3.8) is 0 Å². The third-order valence-electron chi connectivity index (χ3n) is 1.67. The Balaban J connectivity index is 2.60. The number of fused-ring (bicyclic) bond motifs is 1. The molecule has 2 rings (SSSR count). The number of nitrogens with one attached hydrogen (secondary N) is 1. The highest BCUT2D eigenvalue weighted by Gasteiger charge is 2.05. The molecule has 0 saturated carbocycles. The molecular weight excluding hydrogens is 281 g/mol. The molecule has 0 amide bonds. The minimum atomic E-state index is 0.727. The van der Waals surface area contributed by atoms with Gasteiger partial charge in [-0.25, -0.2) is 9.97 Å². The maximum Gasteiger partial charge on any atom is 0.186 e. The fourth-order valence-corrected chi connectivity index (χ4v) is 1.52. The van der Waals surface area contributed by atoms with E-state index in [1.54, 1.807) is 4.68 Å². The van der Waals surface area contributed by atoms with Gasteiger partial charge in [-0.15, -0.1) is 0 Å². The lowest BCUT2D eigenvalue weighted by molar-refractivity contribution is 0.775. The molecule has 0 aromatic carbocycles. The van der Waals surface area contributed by atoms with Crippen LogP contribution in [0.15, 0.2) is 12.5 Å². The Labute approximate surface area is 88.7 Å². The van der Waals surface area contributed by atoms with Crippen LogP contribution in [0.2, 0.25) is 0 Å². The lowest BCUT2D eigenvalue weighted by Gasteiger charge is -1.99. The Morgan fingerprint density at radius 2 is 2.38 bits per heavy atom. The number of nitrogens with zero attached hydrogens (tertiary/aromatic N) is 4. The van der Waals surface area contributed by atoms with Gasteiger partial charge in [0.05, 0.1) is 9.94 Å². The van der Waals surface area contributed by atoms with E-state index in [0.717, 1.165) is 21.4 Å². The van der Waals surface area contributed by atoms with Crippen LogP contribution in [-0.2, 0) is 7.05 Å². The van der Waals surface area contributed by atoms with Crippen LogP contribution in [0.3, 0.4) is 0 Å². The van der Waals surface area contributed by atoms with Crippen LogP contribution in [0, 0.1) is 0 Å². The zero-order valence-corrected chi connectivity index (χ0v) is 9.19. The molecule has 0 bridgehead atoms. The van der Waals surface area contributed by atoms with Gasteiger partial charge in [0, 0.05) is 13.2 Å². The summed E-state index contributed by atoms with van der Waals surface area (Å²) < 4.78 is 2.55. The molecule has 6 heteroatoms. The van der Waals surface area contributed by atoms with Crippen molar-refractivity contribution < 1.29 is 0 Å². The molecule has 1 N–H and O–H groups in total. The highest BCUT2D eigenvalue weighted by molar-refractivity contribution is 14.1. The van der Waals surface area contributed by atoms with Crippen LogP contribution in [0.4, 0.5) is 5.82 Å². The predicted molar refractivity (Wildman–Crippen MR) is 58.8 cm³/mol. The minimum absolute atomic E-state index is 0.727. The average Bonchev–Trinajstić information content (AvgIpc) is 2.47. The fourth-order valence-electron chi connectivity index (χ4n) is 1.15. The van der Waals surface area contributed by atoms with E-state index in [0.29, 0.717) is 0 Å². The summed E-state index contributed by atoms with van der Waals surface area (Å²) in [6.07, 6.45) is 3.42. The van der Waals surface area contributed by atoms with E-state index in [1.165, 1.54) is 6.33 Å². The maximum absolute atomic E-state index is 4.18. The van der Waals surface area contributed by atoms with Crippen LogP contribution in [-0.4, -0.2) is 24.3 Å². The summed E-state index contributed by atoms with van der Waals surface area (Å²) in [5, 5.41) is 8.29. The minimum Gasteiger partial charge on any atom is -0.360 e. The van der Waals surface area contributed by atoms with Crippen molar-refractivity contribution in [1.82, 2.24) is 19.7 Å². The molecule has 0 unspecified atom stereocenters. The lowest BCUT2D eigenvalue weighted by Crippen LogP contribution is -1.97. The Morgan fingerprint density at radius 1 is 1.54 bits per heavy atom. The molecule has 2 heterocycles. The van der Waals surface area contributed by atoms with Gasteiger partial charge in [0.25, 0.3) is 0 Å². The first-order valence-electron chi connectivity index (χ1n) is 3.75. The second kappa shape index (κ2) is 3.44. The van der Waals surface area contributed by atoms with Gasteiger partial charge < -0.3 is 5.32 Å². The van der Waals surface area contributed by atoms with E-state index in [4.69, 9.17) is 0 Å². The summed E-state index contributed by atoms with van der Waals surface area (Å²) in [6.45, 7) is 0. The van der Waals surface area contributed by atoms with Crippen molar-refractivity contribution in [3.8, 4) is 0 Å². The molecule has 0 aliphatic rings. The van der Waals surface area contributed by atoms with Crippen LogP contribution < -0.4 is 5.32 Å². The fraction of sp³-hybridized carbons (Fsp3) is 0.286. The smallest absolute Gasteiger partial charge is 0.186 e. The number of rotatable bonds is 2. The summed E-state index contributed by atoms with van der Waals surface area (Å²) in [5.41, 5.74) is 0.727. The number of aryl methyl sites for hydroxylation is 1. The Bertz CT molecular complexity index is 424. The van der Waals surface area contributed by atoms with Crippen molar-refractivity contribution >= 4 is 39.4 Å². The Kier molecular flexibility index (Phi) is 2.30. The number of halogens is 1. The predicted octanol–water partition coefficient (Wildman–Crippen LogP) is 1.17. The Hall–Kier alpha value is -0.920. The van der Waals surface area contributed by atoms with Gasteiger partial charge in [-0.05, 0) is 0 Å². The molecular formula is C7H8IN5. The van der Waals surface area contributed by atoms with Gasteiger partial charge in [-0.3, -0.25) is 4.68 Å². The molecule has 0 fully saturated rings. The molecule has 5 nitrogen and oxygen atoms in total. The van der Waals surface area contributed by atoms with Crippen molar-refractivity contribution in [1.29, 1.82) is 0 Å². The summed E-state index contributed by atoms with van der Waals surface area (Å²) in [4.78, 5) is 8.19. The number of alkyl halides is 1. The summed E-state index contributed by atoms with van der Waals surface area (Å²) in [6, 6.07) is 0. The van der Waals surface area contributed by atoms with Gasteiger partial charge in [-0.2, -0.15) is 5.10 Å². The van der Waals surface area contributed by atoms with Crippen LogP contribution in [0.25, 0.3) is 11.0 Å². The first-order chi connectivity index (χ1) is 6.31. The zero-order chi connectivity index (χ0) is 9.26. The highest BCUT2D eigenvalue weighted by Crippen LogP contribution is 2.16.